The van der Waals surface area contributed by atoms with Crippen molar-refractivity contribution in [3.05, 3.63) is 60.2 Å². The summed E-state index contributed by atoms with van der Waals surface area (Å²) in [5, 5.41) is 0. The summed E-state index contributed by atoms with van der Waals surface area (Å²) in [6, 6.07) is 3.64. The van der Waals surface area contributed by atoms with Crippen molar-refractivity contribution in [3.63, 3.8) is 0 Å². The van der Waals surface area contributed by atoms with Crippen molar-refractivity contribution in [3.8, 4) is 0 Å². The van der Waals surface area contributed by atoms with E-state index < -0.39 is 23.9 Å². The van der Waals surface area contributed by atoms with E-state index in [0.29, 0.717) is 6.29 Å². The fourth-order valence-corrected chi connectivity index (χ4v) is 1.79. The fraction of sp³-hybridized carbons (Fsp3) is 0.211. The van der Waals surface area contributed by atoms with Gasteiger partial charge in [0.2, 0.25) is 0 Å². The fourth-order valence-electron chi connectivity index (χ4n) is 1.79. The van der Waals surface area contributed by atoms with Crippen LogP contribution >= 0.6 is 0 Å². The van der Waals surface area contributed by atoms with Crippen LogP contribution < -0.4 is 0 Å². The second-order valence-corrected chi connectivity index (χ2v) is 4.98. The van der Waals surface area contributed by atoms with Crippen molar-refractivity contribution in [1.29, 1.82) is 0 Å². The summed E-state index contributed by atoms with van der Waals surface area (Å²) in [5.74, 6) is -2.98. The third-order valence-corrected chi connectivity index (χ3v) is 3.02. The first-order valence-electron chi connectivity index (χ1n) is 7.94. The summed E-state index contributed by atoms with van der Waals surface area (Å²) < 4.78 is 19.1. The molecule has 1 aromatic rings. The molecule has 0 aliphatic heterocycles. The Morgan fingerprint density at radius 1 is 0.714 bits per heavy atom. The van der Waals surface area contributed by atoms with Crippen LogP contribution in [0.4, 0.5) is 0 Å². The van der Waals surface area contributed by atoms with Crippen LogP contribution in [0.25, 0.3) is 0 Å². The van der Waals surface area contributed by atoms with Gasteiger partial charge < -0.3 is 18.9 Å². The van der Waals surface area contributed by atoms with Gasteiger partial charge in [0.25, 0.3) is 0 Å². The van der Waals surface area contributed by atoms with Crippen molar-refractivity contribution >= 4 is 30.2 Å². The van der Waals surface area contributed by atoms with Gasteiger partial charge in [0.05, 0.1) is 11.1 Å². The maximum atomic E-state index is 12.1. The van der Waals surface area contributed by atoms with E-state index >= 15 is 0 Å². The van der Waals surface area contributed by atoms with Crippen LogP contribution in [-0.4, -0.2) is 56.6 Å². The summed E-state index contributed by atoms with van der Waals surface area (Å²) in [4.78, 5) is 56.9. The second kappa shape index (κ2) is 11.8. The molecule has 0 aliphatic carbocycles. The number of aldehydes is 1. The molecule has 0 N–H and O–H groups in total. The smallest absolute Gasteiger partial charge is 0.338 e. The zero-order valence-electron chi connectivity index (χ0n) is 14.9. The summed E-state index contributed by atoms with van der Waals surface area (Å²) in [6.07, 6.45) is 2.38. The van der Waals surface area contributed by atoms with Crippen LogP contribution in [0.3, 0.4) is 0 Å². The Morgan fingerprint density at radius 3 is 1.46 bits per heavy atom. The lowest BCUT2D eigenvalue weighted by Gasteiger charge is -2.09. The highest BCUT2D eigenvalue weighted by Crippen LogP contribution is 2.12. The van der Waals surface area contributed by atoms with Gasteiger partial charge in [-0.25, -0.2) is 19.2 Å². The van der Waals surface area contributed by atoms with Crippen molar-refractivity contribution in [2.45, 2.75) is 0 Å². The van der Waals surface area contributed by atoms with Gasteiger partial charge in [-0.05, 0) is 18.2 Å². The Morgan fingerprint density at radius 2 is 1.11 bits per heavy atom. The molecule has 0 aromatic heterocycles. The normalized spacial score (nSPS) is 9.57. The minimum Gasteiger partial charge on any atom is -0.459 e. The maximum absolute atomic E-state index is 12.1. The molecular weight excluding hydrogens is 372 g/mol. The van der Waals surface area contributed by atoms with Gasteiger partial charge in [-0.15, -0.1) is 0 Å². The van der Waals surface area contributed by atoms with Crippen molar-refractivity contribution < 1.29 is 42.9 Å². The largest absolute Gasteiger partial charge is 0.459 e. The average Bonchev–Trinajstić information content (AvgIpc) is 2.72. The summed E-state index contributed by atoms with van der Waals surface area (Å²) >= 11 is 0. The van der Waals surface area contributed by atoms with Crippen molar-refractivity contribution in [1.82, 2.24) is 0 Å². The Bertz CT molecular complexity index is 721. The molecule has 0 atom stereocenters. The molecule has 1 rings (SSSR count). The number of benzene rings is 1. The molecule has 0 saturated heterocycles. The molecular formula is C19H18O9. The SMILES string of the molecule is C=CC(=O)OCCOC(=O)c1cc(C=O)cc(C(=O)OCCOC(=O)C=C)c1. The molecule has 0 bridgehead atoms. The van der Waals surface area contributed by atoms with Crippen LogP contribution in [0.2, 0.25) is 0 Å². The van der Waals surface area contributed by atoms with Gasteiger partial charge in [0, 0.05) is 17.7 Å². The standard InChI is InChI=1S/C19H18O9/c1-3-16(21)25-5-7-27-18(23)14-9-13(12-20)10-15(11-14)19(24)28-8-6-26-17(22)4-2/h3-4,9-12H,1-2,5-8H2. The van der Waals surface area contributed by atoms with Crippen LogP contribution in [0, 0.1) is 0 Å². The predicted molar refractivity (Wildman–Crippen MR) is 94.7 cm³/mol. The first kappa shape index (κ1) is 22.3. The van der Waals surface area contributed by atoms with Gasteiger partial charge in [-0.3, -0.25) is 4.79 Å². The van der Waals surface area contributed by atoms with Crippen LogP contribution in [-0.2, 0) is 28.5 Å². The van der Waals surface area contributed by atoms with E-state index in [-0.39, 0.29) is 43.1 Å². The lowest BCUT2D eigenvalue weighted by Crippen LogP contribution is -2.15. The molecule has 0 spiro atoms. The Kier molecular flexibility index (Phi) is 9.38. The van der Waals surface area contributed by atoms with Crippen LogP contribution in [0.1, 0.15) is 31.1 Å². The Balaban J connectivity index is 2.69. The molecule has 9 nitrogen and oxygen atoms in total. The van der Waals surface area contributed by atoms with E-state index in [1.165, 1.54) is 18.2 Å². The highest BCUT2D eigenvalue weighted by atomic mass is 16.6. The van der Waals surface area contributed by atoms with E-state index in [0.717, 1.165) is 12.2 Å². The van der Waals surface area contributed by atoms with Crippen LogP contribution in [0.5, 0.6) is 0 Å². The number of hydrogen-bond donors (Lipinski definition) is 0. The first-order chi connectivity index (χ1) is 13.4. The monoisotopic (exact) mass is 390 g/mol. The zero-order chi connectivity index (χ0) is 20.9. The van der Waals surface area contributed by atoms with E-state index in [1.54, 1.807) is 0 Å². The average molecular weight is 390 g/mol. The van der Waals surface area contributed by atoms with E-state index in [4.69, 9.17) is 9.47 Å². The van der Waals surface area contributed by atoms with Gasteiger partial charge in [0.15, 0.2) is 0 Å². The highest BCUT2D eigenvalue weighted by Gasteiger charge is 2.15. The molecule has 0 radical (unpaired) electrons. The number of carbonyl (C=O) groups excluding carboxylic acids is 5. The first-order valence-corrected chi connectivity index (χ1v) is 7.94. The summed E-state index contributed by atoms with van der Waals surface area (Å²) in [7, 11) is 0. The third-order valence-electron chi connectivity index (χ3n) is 3.02. The third kappa shape index (κ3) is 7.65. The molecule has 0 fully saturated rings. The number of rotatable bonds is 11. The lowest BCUT2D eigenvalue weighted by atomic mass is 10.1. The minimum absolute atomic E-state index is 0.0533. The van der Waals surface area contributed by atoms with Gasteiger partial charge in [0.1, 0.15) is 32.7 Å². The second-order valence-electron chi connectivity index (χ2n) is 4.98. The quantitative estimate of drug-likeness (QED) is 0.181. The Labute approximate surface area is 160 Å². The van der Waals surface area contributed by atoms with E-state index in [2.05, 4.69) is 22.6 Å². The highest BCUT2D eigenvalue weighted by molar-refractivity contribution is 5.98. The zero-order valence-corrected chi connectivity index (χ0v) is 14.9. The Hall–Kier alpha value is -3.75. The maximum Gasteiger partial charge on any atom is 0.338 e. The van der Waals surface area contributed by atoms with E-state index in [1.807, 2.05) is 0 Å². The number of hydrogen-bond acceptors (Lipinski definition) is 9. The molecule has 0 saturated carbocycles. The number of ether oxygens (including phenoxy) is 4. The van der Waals surface area contributed by atoms with Crippen LogP contribution in [0.15, 0.2) is 43.5 Å². The molecule has 0 heterocycles. The molecule has 0 amide bonds. The molecule has 148 valence electrons. The molecule has 0 unspecified atom stereocenters. The van der Waals surface area contributed by atoms with Crippen molar-refractivity contribution in [2.24, 2.45) is 0 Å². The van der Waals surface area contributed by atoms with E-state index in [9.17, 15) is 24.0 Å². The number of esters is 4. The molecule has 28 heavy (non-hydrogen) atoms. The van der Waals surface area contributed by atoms with Gasteiger partial charge in [-0.2, -0.15) is 0 Å². The molecule has 9 heteroatoms. The minimum atomic E-state index is -0.827. The molecule has 1 aromatic carbocycles. The topological polar surface area (TPSA) is 122 Å². The number of carbonyl (C=O) groups is 5. The van der Waals surface area contributed by atoms with Gasteiger partial charge in [-0.1, -0.05) is 13.2 Å². The predicted octanol–water partition coefficient (Wildman–Crippen LogP) is 1.27. The lowest BCUT2D eigenvalue weighted by molar-refractivity contribution is -0.139. The molecule has 0 aliphatic rings. The summed E-state index contributed by atoms with van der Waals surface area (Å²) in [6.45, 7) is 5.63. The van der Waals surface area contributed by atoms with Crippen molar-refractivity contribution in [2.75, 3.05) is 26.4 Å². The van der Waals surface area contributed by atoms with Gasteiger partial charge >= 0.3 is 23.9 Å². The summed E-state index contributed by atoms with van der Waals surface area (Å²) in [5.41, 5.74) is -0.0769.